The zero-order chi connectivity index (χ0) is 20.9. The Hall–Kier alpha value is -4.17. The Kier molecular flexibility index (Phi) is 5.40. The largest absolute Gasteiger partial charge is 0.337 e. The monoisotopic (exact) mass is 392 g/mol. The van der Waals surface area contributed by atoms with Crippen LogP contribution in [0.5, 0.6) is 0 Å². The normalized spacial score (nSPS) is 10.4. The lowest BCUT2D eigenvalue weighted by Crippen LogP contribution is -2.26. The van der Waals surface area contributed by atoms with Gasteiger partial charge < -0.3 is 4.90 Å². The van der Waals surface area contributed by atoms with E-state index < -0.39 is 0 Å². The van der Waals surface area contributed by atoms with E-state index in [0.717, 1.165) is 22.5 Å². The highest BCUT2D eigenvalue weighted by Gasteiger charge is 2.14. The Morgan fingerprint density at radius 1 is 1.00 bits per heavy atom. The van der Waals surface area contributed by atoms with Gasteiger partial charge in [-0.25, -0.2) is 4.68 Å². The van der Waals surface area contributed by atoms with Gasteiger partial charge in [-0.1, -0.05) is 48.5 Å². The molecule has 0 unspecified atom stereocenters. The summed E-state index contributed by atoms with van der Waals surface area (Å²) in [6.45, 7) is 0.464. The van der Waals surface area contributed by atoms with E-state index in [-0.39, 0.29) is 5.91 Å². The van der Waals surface area contributed by atoms with Crippen LogP contribution in [0, 0.1) is 11.3 Å². The van der Waals surface area contributed by atoms with Gasteiger partial charge in [0.1, 0.15) is 0 Å². The highest BCUT2D eigenvalue weighted by molar-refractivity contribution is 5.94. The van der Waals surface area contributed by atoms with E-state index in [1.165, 1.54) is 0 Å². The van der Waals surface area contributed by atoms with E-state index in [4.69, 9.17) is 5.26 Å². The molecule has 0 radical (unpaired) electrons. The number of aromatic nitrogens is 2. The van der Waals surface area contributed by atoms with Gasteiger partial charge in [0, 0.05) is 24.7 Å². The molecule has 4 rings (SSSR count). The number of nitriles is 1. The van der Waals surface area contributed by atoms with Gasteiger partial charge in [0.2, 0.25) is 0 Å². The van der Waals surface area contributed by atoms with Crippen molar-refractivity contribution in [3.63, 3.8) is 0 Å². The second-order valence-electron chi connectivity index (χ2n) is 7.01. The Morgan fingerprint density at radius 3 is 2.50 bits per heavy atom. The molecule has 1 aromatic heterocycles. The van der Waals surface area contributed by atoms with E-state index in [0.29, 0.717) is 17.7 Å². The van der Waals surface area contributed by atoms with Crippen molar-refractivity contribution in [1.29, 1.82) is 5.26 Å². The Morgan fingerprint density at radius 2 is 1.77 bits per heavy atom. The summed E-state index contributed by atoms with van der Waals surface area (Å²) >= 11 is 0. The van der Waals surface area contributed by atoms with Gasteiger partial charge in [0.25, 0.3) is 5.91 Å². The number of amides is 1. The molecule has 0 saturated heterocycles. The van der Waals surface area contributed by atoms with Crippen LogP contribution in [0.2, 0.25) is 0 Å². The molecule has 0 aliphatic carbocycles. The van der Waals surface area contributed by atoms with Gasteiger partial charge >= 0.3 is 0 Å². The standard InChI is InChI=1S/C25H20N4O/c1-28(18-20-12-10-19(17-26)11-13-20)25(30)22-8-5-9-23(16-22)29-24(14-15-27-29)21-6-3-2-4-7-21/h2-16H,18H2,1H3. The molecule has 3 aromatic carbocycles. The molecule has 0 aliphatic heterocycles. The summed E-state index contributed by atoms with van der Waals surface area (Å²) in [4.78, 5) is 14.7. The topological polar surface area (TPSA) is 61.9 Å². The van der Waals surface area contributed by atoms with E-state index >= 15 is 0 Å². The molecule has 0 atom stereocenters. The summed E-state index contributed by atoms with van der Waals surface area (Å²) in [6.07, 6.45) is 1.76. The van der Waals surface area contributed by atoms with Gasteiger partial charge in [-0.15, -0.1) is 0 Å². The lowest BCUT2D eigenvalue weighted by atomic mass is 10.1. The predicted molar refractivity (Wildman–Crippen MR) is 116 cm³/mol. The molecule has 1 heterocycles. The lowest BCUT2D eigenvalue weighted by Gasteiger charge is -2.18. The molecule has 1 amide bonds. The summed E-state index contributed by atoms with van der Waals surface area (Å²) in [5, 5.41) is 13.4. The fourth-order valence-electron chi connectivity index (χ4n) is 3.36. The zero-order valence-electron chi connectivity index (χ0n) is 16.6. The molecule has 5 nitrogen and oxygen atoms in total. The maximum atomic E-state index is 13.0. The predicted octanol–water partition coefficient (Wildman–Crippen LogP) is 4.68. The van der Waals surface area contributed by atoms with Crippen LogP contribution in [0.4, 0.5) is 0 Å². The number of hydrogen-bond acceptors (Lipinski definition) is 3. The molecule has 0 spiro atoms. The molecule has 0 saturated carbocycles. The fourth-order valence-corrected chi connectivity index (χ4v) is 3.36. The molecule has 5 heteroatoms. The lowest BCUT2D eigenvalue weighted by molar-refractivity contribution is 0.0785. The van der Waals surface area contributed by atoms with Gasteiger partial charge in [0.15, 0.2) is 0 Å². The van der Waals surface area contributed by atoms with Crippen molar-refractivity contribution in [2.24, 2.45) is 0 Å². The third kappa shape index (κ3) is 3.98. The highest BCUT2D eigenvalue weighted by atomic mass is 16.2. The molecule has 4 aromatic rings. The van der Waals surface area contributed by atoms with Crippen LogP contribution in [0.15, 0.2) is 91.1 Å². The third-order valence-corrected chi connectivity index (χ3v) is 4.90. The van der Waals surface area contributed by atoms with Crippen molar-refractivity contribution in [3.05, 3.63) is 108 Å². The summed E-state index contributed by atoms with van der Waals surface area (Å²) in [7, 11) is 1.77. The van der Waals surface area contributed by atoms with Crippen LogP contribution < -0.4 is 0 Å². The first-order valence-electron chi connectivity index (χ1n) is 9.60. The summed E-state index contributed by atoms with van der Waals surface area (Å²) in [6, 6.07) is 28.8. The van der Waals surface area contributed by atoms with Crippen LogP contribution in [-0.2, 0) is 6.54 Å². The molecule has 30 heavy (non-hydrogen) atoms. The van der Waals surface area contributed by atoms with Crippen molar-refractivity contribution < 1.29 is 4.79 Å². The Bertz CT molecular complexity index is 1200. The second kappa shape index (κ2) is 8.46. The van der Waals surface area contributed by atoms with E-state index in [1.807, 2.05) is 77.5 Å². The van der Waals surface area contributed by atoms with Crippen LogP contribution in [0.25, 0.3) is 16.9 Å². The smallest absolute Gasteiger partial charge is 0.253 e. The Balaban J connectivity index is 1.57. The Labute approximate surface area is 175 Å². The molecule has 0 fully saturated rings. The van der Waals surface area contributed by atoms with Crippen molar-refractivity contribution in [2.75, 3.05) is 7.05 Å². The molecule has 0 N–H and O–H groups in total. The van der Waals surface area contributed by atoms with Gasteiger partial charge in [-0.2, -0.15) is 10.4 Å². The summed E-state index contributed by atoms with van der Waals surface area (Å²) in [5.74, 6) is -0.0744. The number of rotatable bonds is 5. The van der Waals surface area contributed by atoms with E-state index in [9.17, 15) is 4.79 Å². The summed E-state index contributed by atoms with van der Waals surface area (Å²) < 4.78 is 1.84. The quantitative estimate of drug-likeness (QED) is 0.495. The minimum atomic E-state index is -0.0744. The molecule has 0 bridgehead atoms. The maximum Gasteiger partial charge on any atom is 0.253 e. The number of hydrogen-bond donors (Lipinski definition) is 0. The second-order valence-corrected chi connectivity index (χ2v) is 7.01. The highest BCUT2D eigenvalue weighted by Crippen LogP contribution is 2.23. The zero-order valence-corrected chi connectivity index (χ0v) is 16.6. The number of nitrogens with zero attached hydrogens (tertiary/aromatic N) is 4. The van der Waals surface area contributed by atoms with E-state index in [2.05, 4.69) is 11.2 Å². The van der Waals surface area contributed by atoms with Crippen molar-refractivity contribution >= 4 is 5.91 Å². The maximum absolute atomic E-state index is 13.0. The average molecular weight is 392 g/mol. The van der Waals surface area contributed by atoms with Crippen molar-refractivity contribution in [3.8, 4) is 23.0 Å². The molecular formula is C25H20N4O. The van der Waals surface area contributed by atoms with Gasteiger partial charge in [-0.3, -0.25) is 4.79 Å². The first-order valence-corrected chi connectivity index (χ1v) is 9.60. The van der Waals surface area contributed by atoms with Crippen molar-refractivity contribution in [2.45, 2.75) is 6.54 Å². The van der Waals surface area contributed by atoms with Crippen LogP contribution >= 0.6 is 0 Å². The molecular weight excluding hydrogens is 372 g/mol. The number of carbonyl (C=O) groups is 1. The van der Waals surface area contributed by atoms with E-state index in [1.54, 1.807) is 30.3 Å². The van der Waals surface area contributed by atoms with Crippen LogP contribution in [-0.4, -0.2) is 27.6 Å². The number of carbonyl (C=O) groups excluding carboxylic acids is 1. The third-order valence-electron chi connectivity index (χ3n) is 4.90. The molecule has 0 aliphatic rings. The number of benzene rings is 3. The minimum absolute atomic E-state index is 0.0744. The van der Waals surface area contributed by atoms with Crippen LogP contribution in [0.1, 0.15) is 21.5 Å². The fraction of sp³-hybridized carbons (Fsp3) is 0.0800. The summed E-state index contributed by atoms with van der Waals surface area (Å²) in [5.41, 5.74) is 5.03. The first kappa shape index (κ1) is 19.2. The van der Waals surface area contributed by atoms with Gasteiger partial charge in [0.05, 0.1) is 29.2 Å². The van der Waals surface area contributed by atoms with Crippen molar-refractivity contribution in [1.82, 2.24) is 14.7 Å². The van der Waals surface area contributed by atoms with Gasteiger partial charge in [-0.05, 0) is 42.0 Å². The van der Waals surface area contributed by atoms with Crippen LogP contribution in [0.3, 0.4) is 0 Å². The minimum Gasteiger partial charge on any atom is -0.337 e. The molecule has 146 valence electrons. The average Bonchev–Trinajstić information content (AvgIpc) is 3.30. The SMILES string of the molecule is CN(Cc1ccc(C#N)cc1)C(=O)c1cccc(-n2nccc2-c2ccccc2)c1. The first-order chi connectivity index (χ1) is 14.7.